The summed E-state index contributed by atoms with van der Waals surface area (Å²) in [6.45, 7) is 2.19. The van der Waals surface area contributed by atoms with Gasteiger partial charge in [0, 0.05) is 18.7 Å². The Morgan fingerprint density at radius 3 is 2.80 bits per heavy atom. The Morgan fingerprint density at radius 1 is 1.67 bits per heavy atom. The monoisotopic (exact) mass is 213 g/mol. The highest BCUT2D eigenvalue weighted by Crippen LogP contribution is 2.20. The normalized spacial score (nSPS) is 12.2. The molecule has 0 saturated carbocycles. The molecule has 0 saturated heterocycles. The summed E-state index contributed by atoms with van der Waals surface area (Å²) in [6, 6.07) is 3.34. The van der Waals surface area contributed by atoms with Crippen molar-refractivity contribution in [2.24, 2.45) is 5.73 Å². The van der Waals surface area contributed by atoms with E-state index in [4.69, 9.17) is 5.73 Å². The molecule has 5 nitrogen and oxygen atoms in total. The molecule has 0 spiro atoms. The maximum atomic E-state index is 13.3. The van der Waals surface area contributed by atoms with Crippen molar-refractivity contribution in [2.75, 3.05) is 11.9 Å². The number of nitrogens with one attached hydrogen (secondary N) is 1. The maximum absolute atomic E-state index is 13.3. The Bertz CT molecular complexity index is 368. The number of hydrogen-bond acceptors (Lipinski definition) is 4. The minimum atomic E-state index is -0.648. The number of nitro groups is 1. The highest BCUT2D eigenvalue weighted by Gasteiger charge is 2.10. The highest BCUT2D eigenvalue weighted by molar-refractivity contribution is 5.50. The van der Waals surface area contributed by atoms with Crippen LogP contribution in [0.15, 0.2) is 18.2 Å². The zero-order chi connectivity index (χ0) is 11.4. The molecule has 1 aromatic rings. The van der Waals surface area contributed by atoms with Gasteiger partial charge in [0.15, 0.2) is 5.82 Å². The molecule has 0 fully saturated rings. The first-order valence-electron chi connectivity index (χ1n) is 4.44. The maximum Gasteiger partial charge on any atom is 0.272 e. The standard InChI is InChI=1S/C9H12FN3O2/c1-6(11)5-12-9-3-2-7(13(14)15)4-8(9)10/h2-4,6,12H,5,11H2,1H3. The van der Waals surface area contributed by atoms with Gasteiger partial charge in [-0.05, 0) is 13.0 Å². The van der Waals surface area contributed by atoms with Crippen molar-refractivity contribution in [3.8, 4) is 0 Å². The summed E-state index contributed by atoms with van der Waals surface area (Å²) in [7, 11) is 0. The van der Waals surface area contributed by atoms with E-state index in [0.717, 1.165) is 6.07 Å². The summed E-state index contributed by atoms with van der Waals surface area (Å²) in [5.74, 6) is -0.648. The minimum Gasteiger partial charge on any atom is -0.381 e. The molecule has 82 valence electrons. The number of halogens is 1. The fourth-order valence-electron chi connectivity index (χ4n) is 1.03. The van der Waals surface area contributed by atoms with Gasteiger partial charge in [-0.15, -0.1) is 0 Å². The summed E-state index contributed by atoms with van der Waals surface area (Å²) in [5.41, 5.74) is 5.43. The van der Waals surface area contributed by atoms with Crippen LogP contribution in [0, 0.1) is 15.9 Å². The van der Waals surface area contributed by atoms with Crippen LogP contribution < -0.4 is 11.1 Å². The van der Waals surface area contributed by atoms with E-state index in [9.17, 15) is 14.5 Å². The Hall–Kier alpha value is -1.69. The molecule has 0 aliphatic heterocycles. The predicted octanol–water partition coefficient (Wildman–Crippen LogP) is 1.49. The third kappa shape index (κ3) is 3.17. The van der Waals surface area contributed by atoms with Crippen LogP contribution in [0.2, 0.25) is 0 Å². The van der Waals surface area contributed by atoms with Gasteiger partial charge < -0.3 is 11.1 Å². The third-order valence-corrected chi connectivity index (χ3v) is 1.78. The fourth-order valence-corrected chi connectivity index (χ4v) is 1.03. The second kappa shape index (κ2) is 4.70. The number of rotatable bonds is 4. The number of nitro benzene ring substituents is 1. The van der Waals surface area contributed by atoms with Gasteiger partial charge in [0.1, 0.15) is 0 Å². The largest absolute Gasteiger partial charge is 0.381 e. The van der Waals surface area contributed by atoms with E-state index in [-0.39, 0.29) is 17.4 Å². The molecule has 15 heavy (non-hydrogen) atoms. The summed E-state index contributed by atoms with van der Waals surface area (Å²) < 4.78 is 13.3. The van der Waals surface area contributed by atoms with Crippen LogP contribution in [0.1, 0.15) is 6.92 Å². The average Bonchev–Trinajstić information content (AvgIpc) is 2.15. The molecule has 1 rings (SSSR count). The van der Waals surface area contributed by atoms with Gasteiger partial charge in [-0.2, -0.15) is 0 Å². The van der Waals surface area contributed by atoms with Gasteiger partial charge in [-0.1, -0.05) is 0 Å². The number of benzene rings is 1. The van der Waals surface area contributed by atoms with Crippen LogP contribution in [0.5, 0.6) is 0 Å². The van der Waals surface area contributed by atoms with Gasteiger partial charge in [0.2, 0.25) is 0 Å². The summed E-state index contributed by atoms with van der Waals surface area (Å²) in [5, 5.41) is 13.1. The number of non-ortho nitro benzene ring substituents is 1. The van der Waals surface area contributed by atoms with Crippen molar-refractivity contribution in [3.63, 3.8) is 0 Å². The number of nitrogens with two attached hydrogens (primary N) is 1. The van der Waals surface area contributed by atoms with Crippen molar-refractivity contribution in [1.82, 2.24) is 0 Å². The van der Waals surface area contributed by atoms with E-state index in [1.165, 1.54) is 12.1 Å². The molecule has 6 heteroatoms. The van der Waals surface area contributed by atoms with Crippen molar-refractivity contribution in [3.05, 3.63) is 34.1 Å². The second-order valence-electron chi connectivity index (χ2n) is 3.28. The molecule has 0 aromatic heterocycles. The summed E-state index contributed by atoms with van der Waals surface area (Å²) >= 11 is 0. The molecule has 0 aliphatic carbocycles. The molecule has 0 heterocycles. The highest BCUT2D eigenvalue weighted by atomic mass is 19.1. The van der Waals surface area contributed by atoms with E-state index < -0.39 is 10.7 Å². The van der Waals surface area contributed by atoms with E-state index >= 15 is 0 Å². The Kier molecular flexibility index (Phi) is 3.56. The lowest BCUT2D eigenvalue weighted by molar-refractivity contribution is -0.385. The Labute approximate surface area is 86.2 Å². The van der Waals surface area contributed by atoms with Crippen LogP contribution >= 0.6 is 0 Å². The fraction of sp³-hybridized carbons (Fsp3) is 0.333. The number of nitrogens with zero attached hydrogens (tertiary/aromatic N) is 1. The lowest BCUT2D eigenvalue weighted by Crippen LogP contribution is -2.25. The van der Waals surface area contributed by atoms with Gasteiger partial charge in [-0.3, -0.25) is 10.1 Å². The first kappa shape index (κ1) is 11.4. The van der Waals surface area contributed by atoms with Gasteiger partial charge in [-0.25, -0.2) is 4.39 Å². The average molecular weight is 213 g/mol. The van der Waals surface area contributed by atoms with Crippen LogP contribution in [-0.2, 0) is 0 Å². The lowest BCUT2D eigenvalue weighted by Gasteiger charge is -2.09. The second-order valence-corrected chi connectivity index (χ2v) is 3.28. The van der Waals surface area contributed by atoms with Gasteiger partial charge in [0.05, 0.1) is 16.7 Å². The zero-order valence-electron chi connectivity index (χ0n) is 8.24. The predicted molar refractivity (Wildman–Crippen MR) is 55.2 cm³/mol. The number of hydrogen-bond donors (Lipinski definition) is 2. The first-order valence-corrected chi connectivity index (χ1v) is 4.44. The molecule has 3 N–H and O–H groups in total. The molecule has 1 unspecified atom stereocenters. The summed E-state index contributed by atoms with van der Waals surface area (Å²) in [6.07, 6.45) is 0. The first-order chi connectivity index (χ1) is 7.00. The Morgan fingerprint density at radius 2 is 2.33 bits per heavy atom. The van der Waals surface area contributed by atoms with E-state index in [1.807, 2.05) is 0 Å². The lowest BCUT2D eigenvalue weighted by atomic mass is 10.2. The molecule has 0 aliphatic rings. The van der Waals surface area contributed by atoms with Crippen molar-refractivity contribution in [2.45, 2.75) is 13.0 Å². The van der Waals surface area contributed by atoms with Gasteiger partial charge in [0.25, 0.3) is 5.69 Å². The van der Waals surface area contributed by atoms with Crippen LogP contribution in [0.4, 0.5) is 15.8 Å². The van der Waals surface area contributed by atoms with Crippen molar-refractivity contribution >= 4 is 11.4 Å². The molecule has 0 radical (unpaired) electrons. The smallest absolute Gasteiger partial charge is 0.272 e. The Balaban J connectivity index is 2.79. The summed E-state index contributed by atoms with van der Waals surface area (Å²) in [4.78, 5) is 9.69. The molecule has 1 atom stereocenters. The van der Waals surface area contributed by atoms with E-state index in [2.05, 4.69) is 5.32 Å². The molecule has 0 amide bonds. The van der Waals surface area contributed by atoms with Crippen LogP contribution in [0.3, 0.4) is 0 Å². The SMILES string of the molecule is CC(N)CNc1ccc([N+](=O)[O-])cc1F. The van der Waals surface area contributed by atoms with Crippen molar-refractivity contribution in [1.29, 1.82) is 0 Å². The zero-order valence-corrected chi connectivity index (χ0v) is 8.24. The molecule has 0 bridgehead atoms. The third-order valence-electron chi connectivity index (χ3n) is 1.78. The van der Waals surface area contributed by atoms with Crippen molar-refractivity contribution < 1.29 is 9.31 Å². The topological polar surface area (TPSA) is 81.2 Å². The quantitative estimate of drug-likeness (QED) is 0.586. The molecular formula is C9H12FN3O2. The molecular weight excluding hydrogens is 201 g/mol. The van der Waals surface area contributed by atoms with E-state index in [1.54, 1.807) is 6.92 Å². The minimum absolute atomic E-state index is 0.111. The van der Waals surface area contributed by atoms with E-state index in [0.29, 0.717) is 6.54 Å². The molecule has 1 aromatic carbocycles. The van der Waals surface area contributed by atoms with Crippen LogP contribution in [0.25, 0.3) is 0 Å². The van der Waals surface area contributed by atoms with Crippen LogP contribution in [-0.4, -0.2) is 17.5 Å². The number of anilines is 1. The van der Waals surface area contributed by atoms with Gasteiger partial charge >= 0.3 is 0 Å².